The second-order valence-electron chi connectivity index (χ2n) is 8.30. The summed E-state index contributed by atoms with van der Waals surface area (Å²) >= 11 is 5.79. The molecule has 36 heavy (non-hydrogen) atoms. The van der Waals surface area contributed by atoms with E-state index in [-0.39, 0.29) is 23.7 Å². The molecule has 5 rings (SSSR count). The largest absolute Gasteiger partial charge is 0.351 e. The van der Waals surface area contributed by atoms with Gasteiger partial charge in [-0.15, -0.1) is 0 Å². The van der Waals surface area contributed by atoms with Gasteiger partial charge in [0.25, 0.3) is 5.69 Å². The predicted octanol–water partition coefficient (Wildman–Crippen LogP) is 4.92. The van der Waals surface area contributed by atoms with Crippen LogP contribution < -0.4 is 15.5 Å². The Hall–Kier alpha value is -4.57. The van der Waals surface area contributed by atoms with E-state index in [0.29, 0.717) is 10.8 Å². The Kier molecular flexibility index (Phi) is 6.17. The van der Waals surface area contributed by atoms with Crippen molar-refractivity contribution in [3.63, 3.8) is 0 Å². The van der Waals surface area contributed by atoms with Crippen molar-refractivity contribution < 1.29 is 9.72 Å². The van der Waals surface area contributed by atoms with E-state index in [0.717, 1.165) is 22.8 Å². The summed E-state index contributed by atoms with van der Waals surface area (Å²) in [6, 6.07) is 23.1. The predicted molar refractivity (Wildman–Crippen MR) is 141 cm³/mol. The van der Waals surface area contributed by atoms with E-state index < -0.39 is 4.92 Å². The molecule has 0 saturated carbocycles. The first kappa shape index (κ1) is 23.2. The molecule has 1 saturated heterocycles. The van der Waals surface area contributed by atoms with Gasteiger partial charge in [0.2, 0.25) is 5.91 Å². The highest BCUT2D eigenvalue weighted by Gasteiger charge is 2.42. The first-order valence-corrected chi connectivity index (χ1v) is 11.6. The summed E-state index contributed by atoms with van der Waals surface area (Å²) in [6.45, 7) is 1.47. The molecule has 0 aliphatic carbocycles. The normalized spacial score (nSPS) is 17.0. The van der Waals surface area contributed by atoms with Gasteiger partial charge in [-0.1, -0.05) is 6.07 Å². The summed E-state index contributed by atoms with van der Waals surface area (Å²) in [5.41, 5.74) is 4.12. The van der Waals surface area contributed by atoms with Gasteiger partial charge in [0.1, 0.15) is 6.04 Å². The molecule has 2 atom stereocenters. The van der Waals surface area contributed by atoms with Gasteiger partial charge in [0.15, 0.2) is 5.11 Å². The van der Waals surface area contributed by atoms with Crippen molar-refractivity contribution >= 4 is 40.3 Å². The van der Waals surface area contributed by atoms with Crippen molar-refractivity contribution in [1.82, 2.24) is 14.9 Å². The van der Waals surface area contributed by atoms with E-state index in [9.17, 15) is 14.9 Å². The number of anilines is 2. The molecule has 180 valence electrons. The molecule has 2 aromatic carbocycles. The molecule has 1 aliphatic rings. The number of nitro benzene ring substituents is 1. The highest BCUT2D eigenvalue weighted by molar-refractivity contribution is 7.80. The average molecular weight is 499 g/mol. The molecule has 1 amide bonds. The molecule has 0 bridgehead atoms. The number of carbonyl (C=O) groups excluding carboxylic acids is 1. The lowest BCUT2D eigenvalue weighted by Gasteiger charge is -2.29. The number of rotatable bonds is 6. The van der Waals surface area contributed by atoms with E-state index in [1.165, 1.54) is 19.1 Å². The minimum Gasteiger partial charge on any atom is -0.351 e. The number of nitrogens with one attached hydrogen (secondary N) is 2. The summed E-state index contributed by atoms with van der Waals surface area (Å²) in [5, 5.41) is 17.9. The van der Waals surface area contributed by atoms with Crippen LogP contribution in [0.2, 0.25) is 0 Å². The van der Waals surface area contributed by atoms with Gasteiger partial charge in [-0.3, -0.25) is 19.9 Å². The maximum Gasteiger partial charge on any atom is 0.269 e. The standard InChI is InChI=1S/C26H22N6O3S/c1-17(33)28-18-7-9-20(10-8-18)31-25(24(29-26(31)36)22-5-2-3-15-27-22)23-6-4-16-30(23)19-11-13-21(14-12-19)32(34)35/h2-16,24-25H,1H3,(H,28,33)(H,29,36)/t24-,25-/m0/s1. The van der Waals surface area contributed by atoms with Gasteiger partial charge < -0.3 is 20.1 Å². The summed E-state index contributed by atoms with van der Waals surface area (Å²) in [7, 11) is 0. The molecule has 4 aromatic rings. The number of pyridine rings is 1. The van der Waals surface area contributed by atoms with Crippen molar-refractivity contribution in [3.05, 3.63) is 113 Å². The Morgan fingerprint density at radius 1 is 1.03 bits per heavy atom. The lowest BCUT2D eigenvalue weighted by Crippen LogP contribution is -2.30. The van der Waals surface area contributed by atoms with Crippen molar-refractivity contribution in [2.45, 2.75) is 19.0 Å². The minimum atomic E-state index is -0.414. The van der Waals surface area contributed by atoms with Crippen LogP contribution in [-0.4, -0.2) is 25.5 Å². The van der Waals surface area contributed by atoms with Gasteiger partial charge >= 0.3 is 0 Å². The summed E-state index contributed by atoms with van der Waals surface area (Å²) < 4.78 is 2.00. The molecule has 2 N–H and O–H groups in total. The highest BCUT2D eigenvalue weighted by atomic mass is 32.1. The Labute approximate surface area is 212 Å². The van der Waals surface area contributed by atoms with Crippen LogP contribution in [0.3, 0.4) is 0 Å². The van der Waals surface area contributed by atoms with Crippen LogP contribution in [-0.2, 0) is 4.79 Å². The Morgan fingerprint density at radius 3 is 2.39 bits per heavy atom. The number of non-ortho nitro benzene ring substituents is 1. The zero-order chi connectivity index (χ0) is 25.2. The molecule has 0 radical (unpaired) electrons. The summed E-state index contributed by atoms with van der Waals surface area (Å²) in [6.07, 6.45) is 3.67. The van der Waals surface area contributed by atoms with E-state index >= 15 is 0 Å². The fourth-order valence-corrected chi connectivity index (χ4v) is 4.79. The monoisotopic (exact) mass is 498 g/mol. The van der Waals surface area contributed by atoms with Crippen LogP contribution in [0.1, 0.15) is 30.4 Å². The zero-order valence-corrected chi connectivity index (χ0v) is 20.1. The maximum absolute atomic E-state index is 11.4. The average Bonchev–Trinajstić information content (AvgIpc) is 3.49. The van der Waals surface area contributed by atoms with E-state index in [1.807, 2.05) is 70.3 Å². The lowest BCUT2D eigenvalue weighted by molar-refractivity contribution is -0.384. The molecular weight excluding hydrogens is 476 g/mol. The third kappa shape index (κ3) is 4.41. The molecule has 1 fully saturated rings. The van der Waals surface area contributed by atoms with E-state index in [1.54, 1.807) is 18.3 Å². The van der Waals surface area contributed by atoms with E-state index in [2.05, 4.69) is 15.6 Å². The number of thiocarbonyl (C=S) groups is 1. The first-order valence-electron chi connectivity index (χ1n) is 11.2. The van der Waals surface area contributed by atoms with Gasteiger partial charge in [-0.05, 0) is 72.9 Å². The lowest BCUT2D eigenvalue weighted by atomic mass is 10.0. The molecule has 0 unspecified atom stereocenters. The molecule has 1 aliphatic heterocycles. The third-order valence-corrected chi connectivity index (χ3v) is 6.30. The number of carbonyl (C=O) groups is 1. The number of nitro groups is 1. The molecule has 3 heterocycles. The number of benzene rings is 2. The molecule has 2 aromatic heterocycles. The Balaban J connectivity index is 1.59. The van der Waals surface area contributed by atoms with Crippen molar-refractivity contribution in [2.75, 3.05) is 10.2 Å². The van der Waals surface area contributed by atoms with Crippen molar-refractivity contribution in [3.8, 4) is 5.69 Å². The Bertz CT molecular complexity index is 1420. The van der Waals surface area contributed by atoms with Gasteiger partial charge in [0.05, 0.1) is 16.7 Å². The fourth-order valence-electron chi connectivity index (χ4n) is 4.45. The highest BCUT2D eigenvalue weighted by Crippen LogP contribution is 2.42. The van der Waals surface area contributed by atoms with Gasteiger partial charge in [-0.2, -0.15) is 0 Å². The fraction of sp³-hybridized carbons (Fsp3) is 0.115. The maximum atomic E-state index is 11.4. The van der Waals surface area contributed by atoms with Crippen molar-refractivity contribution in [1.29, 1.82) is 0 Å². The van der Waals surface area contributed by atoms with Crippen LogP contribution in [0.15, 0.2) is 91.3 Å². The second kappa shape index (κ2) is 9.59. The van der Waals surface area contributed by atoms with E-state index in [4.69, 9.17) is 12.2 Å². The topological polar surface area (TPSA) is 105 Å². The molecule has 10 heteroatoms. The van der Waals surface area contributed by atoms with Gasteiger partial charge in [-0.25, -0.2) is 0 Å². The van der Waals surface area contributed by atoms with Crippen LogP contribution in [0, 0.1) is 10.1 Å². The molecule has 9 nitrogen and oxygen atoms in total. The van der Waals surface area contributed by atoms with Crippen LogP contribution >= 0.6 is 12.2 Å². The van der Waals surface area contributed by atoms with Crippen molar-refractivity contribution in [2.24, 2.45) is 0 Å². The number of amides is 1. The number of hydrogen-bond donors (Lipinski definition) is 2. The SMILES string of the molecule is CC(=O)Nc1ccc(N2C(=S)N[C@@H](c3ccccn3)[C@@H]2c2cccn2-c2ccc([N+](=O)[O-])cc2)cc1. The van der Waals surface area contributed by atoms with Crippen LogP contribution in [0.25, 0.3) is 5.69 Å². The van der Waals surface area contributed by atoms with Crippen LogP contribution in [0.5, 0.6) is 0 Å². The summed E-state index contributed by atoms with van der Waals surface area (Å²) in [5.74, 6) is -0.143. The minimum absolute atomic E-state index is 0.0309. The Morgan fingerprint density at radius 2 is 1.75 bits per heavy atom. The quantitative estimate of drug-likeness (QED) is 0.221. The smallest absolute Gasteiger partial charge is 0.269 e. The number of aromatic nitrogens is 2. The third-order valence-electron chi connectivity index (χ3n) is 5.99. The van der Waals surface area contributed by atoms with Gasteiger partial charge in [0, 0.05) is 54.2 Å². The second-order valence-corrected chi connectivity index (χ2v) is 8.69. The molecule has 0 spiro atoms. The first-order chi connectivity index (χ1) is 17.4. The van der Waals surface area contributed by atoms with Crippen LogP contribution in [0.4, 0.5) is 17.1 Å². The zero-order valence-electron chi connectivity index (χ0n) is 19.2. The number of nitrogens with zero attached hydrogens (tertiary/aromatic N) is 4. The summed E-state index contributed by atoms with van der Waals surface area (Å²) in [4.78, 5) is 28.8. The number of hydrogen-bond acceptors (Lipinski definition) is 5. The molecular formula is C26H22N6O3S.